The summed E-state index contributed by atoms with van der Waals surface area (Å²) in [6.45, 7) is 6.64. The van der Waals surface area contributed by atoms with Crippen molar-refractivity contribution < 1.29 is 9.73 Å². The molecule has 2 atom stereocenters. The summed E-state index contributed by atoms with van der Waals surface area (Å²) in [7, 11) is 0. The van der Waals surface area contributed by atoms with Gasteiger partial charge in [-0.05, 0) is 47.7 Å². The summed E-state index contributed by atoms with van der Waals surface area (Å²) in [6, 6.07) is 17.6. The molecular weight excluding hydrogens is 398 g/mol. The molecule has 3 aromatic heterocycles. The average Bonchev–Trinajstić information content (AvgIpc) is 3.48. The first-order valence-electron chi connectivity index (χ1n) is 9.94. The third-order valence-corrected chi connectivity index (χ3v) is 6.69. The number of hydrogen-bond donors (Lipinski definition) is 1. The van der Waals surface area contributed by atoms with E-state index in [2.05, 4.69) is 78.1 Å². The van der Waals surface area contributed by atoms with Gasteiger partial charge in [-0.15, -0.1) is 32.9 Å². The second-order valence-electron chi connectivity index (χ2n) is 7.74. The van der Waals surface area contributed by atoms with Gasteiger partial charge in [0.2, 0.25) is 0 Å². The van der Waals surface area contributed by atoms with E-state index in [1.807, 2.05) is 17.5 Å². The Balaban J connectivity index is 1.55. The Morgan fingerprint density at radius 2 is 1.69 bits per heavy atom. The molecule has 0 amide bonds. The second-order valence-corrected chi connectivity index (χ2v) is 9.66. The van der Waals surface area contributed by atoms with Crippen LogP contribution in [0.3, 0.4) is 0 Å². The Labute approximate surface area is 179 Å². The maximum absolute atomic E-state index is 5.97. The van der Waals surface area contributed by atoms with Crippen molar-refractivity contribution >= 4 is 22.7 Å². The number of thiophene rings is 2. The van der Waals surface area contributed by atoms with Gasteiger partial charge in [0.15, 0.2) is 6.04 Å². The summed E-state index contributed by atoms with van der Waals surface area (Å²) >= 11 is 3.40. The molecule has 0 unspecified atom stereocenters. The zero-order valence-corrected chi connectivity index (χ0v) is 18.5. The van der Waals surface area contributed by atoms with Gasteiger partial charge in [-0.25, -0.2) is 0 Å². The predicted octanol–water partition coefficient (Wildman–Crippen LogP) is 5.47. The Kier molecular flexibility index (Phi) is 6.23. The average molecular weight is 425 g/mol. The highest BCUT2D eigenvalue weighted by atomic mass is 32.1. The van der Waals surface area contributed by atoms with E-state index >= 15 is 0 Å². The fourth-order valence-electron chi connectivity index (χ4n) is 3.46. The minimum absolute atomic E-state index is 0.0543. The van der Waals surface area contributed by atoms with Gasteiger partial charge in [0.05, 0.1) is 9.75 Å². The van der Waals surface area contributed by atoms with Crippen molar-refractivity contribution in [2.75, 3.05) is 0 Å². The van der Waals surface area contributed by atoms with Crippen molar-refractivity contribution in [1.29, 1.82) is 0 Å². The highest BCUT2D eigenvalue weighted by molar-refractivity contribution is 7.13. The summed E-state index contributed by atoms with van der Waals surface area (Å²) in [5.74, 6) is 1.92. The first-order chi connectivity index (χ1) is 14.1. The smallest absolute Gasteiger partial charge is 0.274 e. The molecule has 0 aliphatic carbocycles. The van der Waals surface area contributed by atoms with Gasteiger partial charge in [0.25, 0.3) is 11.8 Å². The summed E-state index contributed by atoms with van der Waals surface area (Å²) in [4.78, 5) is 2.33. The van der Waals surface area contributed by atoms with Crippen LogP contribution in [0.1, 0.15) is 54.7 Å². The Hall–Kier alpha value is -2.28. The maximum Gasteiger partial charge on any atom is 0.274 e. The molecule has 2 N–H and O–H groups in total. The largest absolute Gasteiger partial charge is 0.414 e. The molecule has 150 valence electrons. The van der Waals surface area contributed by atoms with Crippen molar-refractivity contribution in [3.63, 3.8) is 0 Å². The molecule has 0 fully saturated rings. The summed E-state index contributed by atoms with van der Waals surface area (Å²) in [5, 5.41) is 15.0. The van der Waals surface area contributed by atoms with E-state index in [1.165, 1.54) is 16.0 Å². The van der Waals surface area contributed by atoms with Crippen molar-refractivity contribution in [2.24, 2.45) is 5.92 Å². The highest BCUT2D eigenvalue weighted by Gasteiger charge is 2.26. The topological polar surface area (TPSA) is 55.5 Å². The first kappa shape index (κ1) is 20.0. The number of quaternary nitrogens is 1. The quantitative estimate of drug-likeness (QED) is 0.408. The van der Waals surface area contributed by atoms with Crippen LogP contribution in [0.2, 0.25) is 0 Å². The molecule has 0 saturated heterocycles. The molecule has 0 spiro atoms. The van der Waals surface area contributed by atoms with E-state index in [-0.39, 0.29) is 12.1 Å². The van der Waals surface area contributed by atoms with E-state index in [9.17, 15) is 0 Å². The lowest BCUT2D eigenvalue weighted by Gasteiger charge is -2.18. The number of hydrogen-bond acceptors (Lipinski definition) is 5. The maximum atomic E-state index is 5.97. The van der Waals surface area contributed by atoms with Gasteiger partial charge in [-0.2, -0.15) is 0 Å². The minimum Gasteiger partial charge on any atom is -0.414 e. The van der Waals surface area contributed by atoms with Crippen LogP contribution in [0.4, 0.5) is 0 Å². The fourth-order valence-corrected chi connectivity index (χ4v) is 4.94. The molecule has 0 radical (unpaired) electrons. The van der Waals surface area contributed by atoms with Crippen molar-refractivity contribution in [2.45, 2.75) is 39.3 Å². The third-order valence-electron chi connectivity index (χ3n) is 4.88. The monoisotopic (exact) mass is 424 g/mol. The standard InChI is InChI=1S/C23H25N3OS2/c1-15(2)14-17-8-10-18(11-9-17)21(19-6-4-12-28-19)24-16(3)22-25-26-23(27-22)20-7-5-13-29-20/h4-13,15-16,21,24H,14H2,1-3H3/p+1/t16-,21-/m0/s1. The van der Waals surface area contributed by atoms with Crippen molar-refractivity contribution in [3.8, 4) is 10.8 Å². The van der Waals surface area contributed by atoms with Crippen molar-refractivity contribution in [1.82, 2.24) is 10.2 Å². The molecule has 0 aliphatic rings. The van der Waals surface area contributed by atoms with Crippen LogP contribution in [0, 0.1) is 5.92 Å². The van der Waals surface area contributed by atoms with Gasteiger partial charge >= 0.3 is 0 Å². The number of nitrogens with two attached hydrogens (primary N) is 1. The predicted molar refractivity (Wildman–Crippen MR) is 119 cm³/mol. The van der Waals surface area contributed by atoms with Crippen LogP contribution in [0.5, 0.6) is 0 Å². The lowest BCUT2D eigenvalue weighted by Crippen LogP contribution is -2.85. The van der Waals surface area contributed by atoms with Crippen LogP contribution in [0.15, 0.2) is 63.7 Å². The molecule has 6 heteroatoms. The molecular formula is C23H26N3OS2+. The molecule has 4 nitrogen and oxygen atoms in total. The first-order valence-corrected chi connectivity index (χ1v) is 11.7. The molecule has 3 heterocycles. The third kappa shape index (κ3) is 4.83. The van der Waals surface area contributed by atoms with Crippen LogP contribution in [0.25, 0.3) is 10.8 Å². The van der Waals surface area contributed by atoms with E-state index in [4.69, 9.17) is 4.42 Å². The zero-order valence-electron chi connectivity index (χ0n) is 16.9. The molecule has 4 aromatic rings. The molecule has 0 aliphatic heterocycles. The Bertz CT molecular complexity index is 1010. The zero-order chi connectivity index (χ0) is 20.2. The van der Waals surface area contributed by atoms with Crippen molar-refractivity contribution in [3.05, 3.63) is 81.2 Å². The van der Waals surface area contributed by atoms with E-state index in [0.29, 0.717) is 17.7 Å². The number of nitrogens with zero attached hydrogens (tertiary/aromatic N) is 2. The van der Waals surface area contributed by atoms with E-state index in [0.717, 1.165) is 11.3 Å². The normalized spacial score (nSPS) is 13.7. The molecule has 0 bridgehead atoms. The number of aromatic nitrogens is 2. The Morgan fingerprint density at radius 3 is 2.34 bits per heavy atom. The van der Waals surface area contributed by atoms with Crippen LogP contribution >= 0.6 is 22.7 Å². The molecule has 1 aromatic carbocycles. The number of benzene rings is 1. The van der Waals surface area contributed by atoms with Gasteiger partial charge in [0.1, 0.15) is 6.04 Å². The number of rotatable bonds is 8. The van der Waals surface area contributed by atoms with Gasteiger partial charge in [-0.3, -0.25) is 0 Å². The van der Waals surface area contributed by atoms with Gasteiger partial charge < -0.3 is 9.73 Å². The SMILES string of the molecule is CC(C)Cc1ccc([C@H]([NH2+][C@@H](C)c2nnc(-c3cccs3)o2)c2cccs2)cc1. The summed E-state index contributed by atoms with van der Waals surface area (Å²) in [5.41, 5.74) is 2.68. The van der Waals surface area contributed by atoms with Crippen LogP contribution in [-0.2, 0) is 6.42 Å². The van der Waals surface area contributed by atoms with Crippen LogP contribution in [-0.4, -0.2) is 10.2 Å². The summed E-state index contributed by atoms with van der Waals surface area (Å²) in [6.07, 6.45) is 1.11. The lowest BCUT2D eigenvalue weighted by molar-refractivity contribution is -0.725. The Morgan fingerprint density at radius 1 is 0.931 bits per heavy atom. The molecule has 0 saturated carbocycles. The van der Waals surface area contributed by atoms with Crippen LogP contribution < -0.4 is 5.32 Å². The second kappa shape index (κ2) is 9.03. The summed E-state index contributed by atoms with van der Waals surface area (Å²) < 4.78 is 5.97. The minimum atomic E-state index is 0.0543. The fraction of sp³-hybridized carbons (Fsp3) is 0.304. The van der Waals surface area contributed by atoms with Gasteiger partial charge in [0, 0.05) is 5.56 Å². The molecule has 29 heavy (non-hydrogen) atoms. The molecule has 4 rings (SSSR count). The lowest BCUT2D eigenvalue weighted by atomic mass is 9.98. The highest BCUT2D eigenvalue weighted by Crippen LogP contribution is 2.27. The van der Waals surface area contributed by atoms with E-state index < -0.39 is 0 Å². The van der Waals surface area contributed by atoms with E-state index in [1.54, 1.807) is 22.7 Å². The van der Waals surface area contributed by atoms with Gasteiger partial charge in [-0.1, -0.05) is 50.2 Å².